The van der Waals surface area contributed by atoms with Crippen molar-refractivity contribution < 1.29 is 9.84 Å². The second-order valence-electron chi connectivity index (χ2n) is 13.1. The maximum Gasteiger partial charge on any atom is 0.0765 e. The van der Waals surface area contributed by atoms with Crippen LogP contribution in [0.25, 0.3) is 0 Å². The molecule has 0 amide bonds. The van der Waals surface area contributed by atoms with E-state index in [4.69, 9.17) is 4.74 Å². The lowest BCUT2D eigenvalue weighted by atomic mass is 9.52. The lowest BCUT2D eigenvalue weighted by molar-refractivity contribution is -0.0795. The number of aliphatic hydroxyl groups excluding tert-OH is 1. The molecular formula is C28H45NO2. The minimum atomic E-state index is -0.0387. The molecule has 3 saturated carbocycles. The molecule has 31 heavy (non-hydrogen) atoms. The molecule has 6 rings (SSSR count). The van der Waals surface area contributed by atoms with Gasteiger partial charge in [0.25, 0.3) is 0 Å². The molecule has 2 N–H and O–H groups in total. The van der Waals surface area contributed by atoms with Gasteiger partial charge < -0.3 is 15.2 Å². The number of allylic oxidation sites excluding steroid dienone is 1. The molecule has 0 aromatic rings. The Morgan fingerprint density at radius 3 is 2.74 bits per heavy atom. The Hall–Kier alpha value is -0.380. The molecule has 0 bridgehead atoms. The molecule has 2 heterocycles. The summed E-state index contributed by atoms with van der Waals surface area (Å²) in [6, 6.07) is 0.558. The van der Waals surface area contributed by atoms with E-state index in [1.54, 1.807) is 5.57 Å². The highest BCUT2D eigenvalue weighted by Gasteiger charge is 2.59. The number of piperidine rings is 1. The summed E-state index contributed by atoms with van der Waals surface area (Å²) in [5, 5.41) is 14.2. The predicted octanol–water partition coefficient (Wildman–Crippen LogP) is 5.47. The van der Waals surface area contributed by atoms with E-state index in [0.29, 0.717) is 23.5 Å². The zero-order valence-electron chi connectivity index (χ0n) is 20.3. The van der Waals surface area contributed by atoms with E-state index in [0.717, 1.165) is 49.0 Å². The molecule has 2 aliphatic heterocycles. The van der Waals surface area contributed by atoms with E-state index < -0.39 is 0 Å². The van der Waals surface area contributed by atoms with Gasteiger partial charge in [-0.25, -0.2) is 0 Å². The Kier molecular flexibility index (Phi) is 4.99. The Bertz CT molecular complexity index is 762. The summed E-state index contributed by atoms with van der Waals surface area (Å²) in [6.45, 7) is 11.1. The molecule has 4 aliphatic carbocycles. The second kappa shape index (κ2) is 7.31. The van der Waals surface area contributed by atoms with Gasteiger partial charge in [0.05, 0.1) is 17.8 Å². The van der Waals surface area contributed by atoms with Crippen LogP contribution in [-0.2, 0) is 4.74 Å². The van der Waals surface area contributed by atoms with Gasteiger partial charge in [0, 0.05) is 12.0 Å². The fraction of sp³-hybridized carbons (Fsp3) is 0.929. The zero-order chi connectivity index (χ0) is 21.5. The Morgan fingerprint density at radius 2 is 1.90 bits per heavy atom. The third-order valence-electron chi connectivity index (χ3n) is 11.6. The average molecular weight is 428 g/mol. The maximum atomic E-state index is 10.3. The zero-order valence-corrected chi connectivity index (χ0v) is 20.3. The van der Waals surface area contributed by atoms with Crippen molar-refractivity contribution in [3.8, 4) is 0 Å². The molecule has 3 heteroatoms. The first-order valence-corrected chi connectivity index (χ1v) is 13.6. The number of rotatable bonds is 0. The number of hydrogen-bond donors (Lipinski definition) is 2. The minimum Gasteiger partial charge on any atom is -0.393 e. The highest BCUT2D eigenvalue weighted by molar-refractivity contribution is 5.29. The Labute approximate surface area is 189 Å². The molecule has 11 atom stereocenters. The molecule has 5 fully saturated rings. The Morgan fingerprint density at radius 1 is 1.06 bits per heavy atom. The lowest BCUT2D eigenvalue weighted by Crippen LogP contribution is -2.48. The highest BCUT2D eigenvalue weighted by Crippen LogP contribution is 2.65. The van der Waals surface area contributed by atoms with Crippen molar-refractivity contribution in [2.45, 2.75) is 116 Å². The van der Waals surface area contributed by atoms with E-state index in [2.05, 4.69) is 33.0 Å². The third-order valence-corrected chi connectivity index (χ3v) is 11.6. The number of fused-ring (bicyclic) bond motifs is 6. The predicted molar refractivity (Wildman–Crippen MR) is 125 cm³/mol. The van der Waals surface area contributed by atoms with Crippen molar-refractivity contribution in [1.29, 1.82) is 0 Å². The van der Waals surface area contributed by atoms with Crippen LogP contribution in [0.3, 0.4) is 0 Å². The summed E-state index contributed by atoms with van der Waals surface area (Å²) < 4.78 is 7.02. The van der Waals surface area contributed by atoms with Gasteiger partial charge in [-0.15, -0.1) is 0 Å². The maximum absolute atomic E-state index is 10.3. The average Bonchev–Trinajstić information content (AvgIpc) is 3.19. The molecule has 6 aliphatic rings. The van der Waals surface area contributed by atoms with Crippen LogP contribution in [0.5, 0.6) is 0 Å². The monoisotopic (exact) mass is 427 g/mol. The normalized spacial score (nSPS) is 56.6. The number of aliphatic hydroxyl groups is 1. The number of hydrogen-bond acceptors (Lipinski definition) is 3. The van der Waals surface area contributed by atoms with Crippen LogP contribution in [0.15, 0.2) is 11.1 Å². The number of nitrogens with one attached hydrogen (secondary N) is 1. The van der Waals surface area contributed by atoms with Crippen LogP contribution in [0.4, 0.5) is 0 Å². The molecule has 0 aromatic carbocycles. The van der Waals surface area contributed by atoms with E-state index in [-0.39, 0.29) is 11.7 Å². The van der Waals surface area contributed by atoms with Gasteiger partial charge in [-0.2, -0.15) is 0 Å². The summed E-state index contributed by atoms with van der Waals surface area (Å²) in [7, 11) is 0. The second-order valence-corrected chi connectivity index (χ2v) is 13.1. The summed E-state index contributed by atoms with van der Waals surface area (Å²) in [4.78, 5) is 0. The molecule has 0 aromatic heterocycles. The van der Waals surface area contributed by atoms with Crippen LogP contribution in [0.2, 0.25) is 0 Å². The van der Waals surface area contributed by atoms with Gasteiger partial charge in [0.15, 0.2) is 0 Å². The van der Waals surface area contributed by atoms with Crippen molar-refractivity contribution in [2.24, 2.45) is 40.9 Å². The summed E-state index contributed by atoms with van der Waals surface area (Å²) in [6.07, 6.45) is 12.8. The standard InChI is InChI=1S/C28H45NO2/c1-16-11-25-26(29-15-16)18(3)28(31-25)10-8-21-22-6-5-19-12-20(30)7-9-27(19,4)24(22)13-23(21)17(2)14-28/h16,18-22,24-26,29-30H,5-15H2,1-4H3/t16-,18+,19+,20+,21-,22?,24-,25+,26-,27-,28-/m0/s1. The summed E-state index contributed by atoms with van der Waals surface area (Å²) in [5.74, 6) is 4.64. The fourth-order valence-corrected chi connectivity index (χ4v) is 9.80. The molecule has 2 saturated heterocycles. The molecule has 1 spiro atoms. The Balaban J connectivity index is 1.27. The van der Waals surface area contributed by atoms with E-state index in [1.807, 2.05) is 5.57 Å². The first kappa shape index (κ1) is 21.2. The highest BCUT2D eigenvalue weighted by atomic mass is 16.5. The SMILES string of the molecule is CC1=C2C[C@H]3C(CC[C@@H]4C[C@H](O)CC[C@@]43C)[C@@H]2CC[C@@]2(C1)O[C@@H]1C[C@H](C)CN[C@H]1[C@H]2C. The van der Waals surface area contributed by atoms with Gasteiger partial charge in [-0.05, 0) is 113 Å². The van der Waals surface area contributed by atoms with Gasteiger partial charge in [0.1, 0.15) is 0 Å². The third kappa shape index (κ3) is 3.08. The van der Waals surface area contributed by atoms with Crippen LogP contribution in [-0.4, -0.2) is 35.5 Å². The molecule has 0 radical (unpaired) electrons. The molecule has 174 valence electrons. The van der Waals surface area contributed by atoms with E-state index in [9.17, 15) is 5.11 Å². The van der Waals surface area contributed by atoms with Crippen LogP contribution < -0.4 is 5.32 Å². The largest absolute Gasteiger partial charge is 0.393 e. The van der Waals surface area contributed by atoms with Crippen LogP contribution >= 0.6 is 0 Å². The van der Waals surface area contributed by atoms with E-state index >= 15 is 0 Å². The van der Waals surface area contributed by atoms with Crippen molar-refractivity contribution in [3.63, 3.8) is 0 Å². The lowest BCUT2D eigenvalue weighted by Gasteiger charge is -2.53. The van der Waals surface area contributed by atoms with Gasteiger partial charge in [0.2, 0.25) is 0 Å². The van der Waals surface area contributed by atoms with Crippen LogP contribution in [0.1, 0.15) is 91.9 Å². The topological polar surface area (TPSA) is 41.5 Å². The molecule has 3 nitrogen and oxygen atoms in total. The van der Waals surface area contributed by atoms with Gasteiger partial charge in [-0.3, -0.25) is 0 Å². The smallest absolute Gasteiger partial charge is 0.0765 e. The molecular weight excluding hydrogens is 382 g/mol. The van der Waals surface area contributed by atoms with Crippen molar-refractivity contribution in [2.75, 3.05) is 6.54 Å². The summed E-state index contributed by atoms with van der Waals surface area (Å²) >= 11 is 0. The number of ether oxygens (including phenoxy) is 1. The van der Waals surface area contributed by atoms with Crippen molar-refractivity contribution in [1.82, 2.24) is 5.32 Å². The van der Waals surface area contributed by atoms with E-state index in [1.165, 1.54) is 51.4 Å². The first-order chi connectivity index (χ1) is 14.8. The fourth-order valence-electron chi connectivity index (χ4n) is 9.80. The first-order valence-electron chi connectivity index (χ1n) is 13.6. The van der Waals surface area contributed by atoms with Crippen molar-refractivity contribution >= 4 is 0 Å². The minimum absolute atomic E-state index is 0.0387. The van der Waals surface area contributed by atoms with Crippen LogP contribution in [0, 0.1) is 40.9 Å². The van der Waals surface area contributed by atoms with Crippen molar-refractivity contribution in [3.05, 3.63) is 11.1 Å². The summed E-state index contributed by atoms with van der Waals surface area (Å²) in [5.41, 5.74) is 4.06. The van der Waals surface area contributed by atoms with Gasteiger partial charge >= 0.3 is 0 Å². The van der Waals surface area contributed by atoms with Gasteiger partial charge in [-0.1, -0.05) is 31.9 Å². The quantitative estimate of drug-likeness (QED) is 0.504. The molecule has 1 unspecified atom stereocenters.